The van der Waals surface area contributed by atoms with Crippen molar-refractivity contribution in [3.63, 3.8) is 0 Å². The van der Waals surface area contributed by atoms with E-state index in [4.69, 9.17) is 21.1 Å². The number of ether oxygens (including phenoxy) is 2. The van der Waals surface area contributed by atoms with Crippen molar-refractivity contribution in [1.29, 1.82) is 0 Å². The number of morpholine rings is 2. The zero-order valence-corrected chi connectivity index (χ0v) is 20.9. The van der Waals surface area contributed by atoms with Crippen molar-refractivity contribution in [3.8, 4) is 11.1 Å². The molecule has 3 atom stereocenters. The number of piperidine rings is 1. The molecule has 2 bridgehead atoms. The lowest BCUT2D eigenvalue weighted by molar-refractivity contribution is -0.0923. The highest BCUT2D eigenvalue weighted by Gasteiger charge is 2.40. The lowest BCUT2D eigenvalue weighted by atomic mass is 9.87. The lowest BCUT2D eigenvalue weighted by Gasteiger charge is -2.47. The molecular formula is C27H30ClN5O3. The number of H-pyrrole nitrogens is 1. The molecule has 0 spiro atoms. The third-order valence-electron chi connectivity index (χ3n) is 8.19. The van der Waals surface area contributed by atoms with Crippen LogP contribution < -0.4 is 5.32 Å². The monoisotopic (exact) mass is 507 g/mol. The molecule has 3 aromatic rings. The average Bonchev–Trinajstić information content (AvgIpc) is 3.32. The Bertz CT molecular complexity index is 1310. The molecule has 2 aromatic heterocycles. The quantitative estimate of drug-likeness (QED) is 0.550. The van der Waals surface area contributed by atoms with E-state index < -0.39 is 0 Å². The third kappa shape index (κ3) is 3.87. The van der Waals surface area contributed by atoms with Gasteiger partial charge in [-0.05, 0) is 53.6 Å². The predicted octanol–water partition coefficient (Wildman–Crippen LogP) is 3.89. The summed E-state index contributed by atoms with van der Waals surface area (Å²) in [6.45, 7) is 4.88. The number of amides is 2. The summed E-state index contributed by atoms with van der Waals surface area (Å²) in [5.41, 5.74) is 6.69. The number of rotatable bonds is 2. The van der Waals surface area contributed by atoms with Gasteiger partial charge in [-0.15, -0.1) is 0 Å². The van der Waals surface area contributed by atoms with Gasteiger partial charge in [0.05, 0.1) is 43.0 Å². The molecule has 0 aliphatic carbocycles. The number of nitrogens with zero attached hydrogens (tertiary/aromatic N) is 3. The first-order valence-corrected chi connectivity index (χ1v) is 13.3. The van der Waals surface area contributed by atoms with Gasteiger partial charge in [0.25, 0.3) is 0 Å². The SMILES string of the molecule is O=C(N1CCc2cc(-c3cnc4[nH]cc(Cl)c4c3)cc([C@@H]3COCCN3)c2C1)N1C[C@H]2CC[C@@H]1CO2. The van der Waals surface area contributed by atoms with Gasteiger partial charge in [0, 0.05) is 49.5 Å². The fourth-order valence-corrected chi connectivity index (χ4v) is 6.40. The van der Waals surface area contributed by atoms with Crippen LogP contribution in [0.1, 0.15) is 35.6 Å². The number of carbonyl (C=O) groups excluding carboxylic acids is 1. The maximum absolute atomic E-state index is 13.6. The second kappa shape index (κ2) is 9.03. The second-order valence-corrected chi connectivity index (χ2v) is 10.7. The van der Waals surface area contributed by atoms with E-state index in [1.54, 1.807) is 6.20 Å². The first-order chi connectivity index (χ1) is 17.6. The van der Waals surface area contributed by atoms with Crippen LogP contribution in [-0.4, -0.2) is 77.4 Å². The molecule has 5 aliphatic rings. The van der Waals surface area contributed by atoms with Crippen LogP contribution in [-0.2, 0) is 22.4 Å². The number of carbonyl (C=O) groups is 1. The Labute approximate surface area is 214 Å². The molecule has 2 amide bonds. The van der Waals surface area contributed by atoms with Gasteiger partial charge >= 0.3 is 6.03 Å². The van der Waals surface area contributed by atoms with Crippen LogP contribution in [0.3, 0.4) is 0 Å². The summed E-state index contributed by atoms with van der Waals surface area (Å²) in [4.78, 5) is 25.4. The number of benzene rings is 1. The van der Waals surface area contributed by atoms with E-state index in [1.165, 1.54) is 16.7 Å². The molecule has 2 N–H and O–H groups in total. The highest BCUT2D eigenvalue weighted by molar-refractivity contribution is 6.35. The van der Waals surface area contributed by atoms with Crippen LogP contribution in [0, 0.1) is 0 Å². The van der Waals surface area contributed by atoms with Crippen LogP contribution in [0.25, 0.3) is 22.2 Å². The van der Waals surface area contributed by atoms with Crippen LogP contribution >= 0.6 is 11.6 Å². The van der Waals surface area contributed by atoms with E-state index in [-0.39, 0.29) is 24.2 Å². The minimum absolute atomic E-state index is 0.0921. The number of hydrogen-bond donors (Lipinski definition) is 2. The Morgan fingerprint density at radius 3 is 2.89 bits per heavy atom. The summed E-state index contributed by atoms with van der Waals surface area (Å²) in [5, 5.41) is 5.22. The lowest BCUT2D eigenvalue weighted by Crippen LogP contribution is -2.60. The molecule has 1 aromatic carbocycles. The van der Waals surface area contributed by atoms with E-state index in [0.29, 0.717) is 31.3 Å². The van der Waals surface area contributed by atoms with Gasteiger partial charge in [-0.25, -0.2) is 9.78 Å². The smallest absolute Gasteiger partial charge is 0.320 e. The molecule has 0 unspecified atom stereocenters. The third-order valence-corrected chi connectivity index (χ3v) is 8.50. The molecule has 4 fully saturated rings. The Kier molecular flexibility index (Phi) is 5.65. The maximum atomic E-state index is 13.6. The molecule has 9 heteroatoms. The number of aromatic nitrogens is 2. The summed E-state index contributed by atoms with van der Waals surface area (Å²) in [6, 6.07) is 7.07. The van der Waals surface area contributed by atoms with Crippen LogP contribution in [0.2, 0.25) is 5.02 Å². The molecule has 8 nitrogen and oxygen atoms in total. The van der Waals surface area contributed by atoms with Crippen LogP contribution in [0.15, 0.2) is 30.6 Å². The van der Waals surface area contributed by atoms with Crippen molar-refractivity contribution in [3.05, 3.63) is 52.3 Å². The summed E-state index contributed by atoms with van der Waals surface area (Å²) in [7, 11) is 0. The topological polar surface area (TPSA) is 82.7 Å². The number of halogens is 1. The fourth-order valence-electron chi connectivity index (χ4n) is 6.20. The summed E-state index contributed by atoms with van der Waals surface area (Å²) < 4.78 is 11.7. The van der Waals surface area contributed by atoms with Gasteiger partial charge < -0.3 is 29.6 Å². The van der Waals surface area contributed by atoms with Gasteiger partial charge in [-0.1, -0.05) is 17.7 Å². The van der Waals surface area contributed by atoms with Crippen molar-refractivity contribution < 1.29 is 14.3 Å². The highest BCUT2D eigenvalue weighted by Crippen LogP contribution is 2.36. The van der Waals surface area contributed by atoms with E-state index in [1.807, 2.05) is 11.1 Å². The molecule has 4 saturated heterocycles. The van der Waals surface area contributed by atoms with Crippen LogP contribution in [0.4, 0.5) is 4.79 Å². The van der Waals surface area contributed by atoms with Crippen molar-refractivity contribution in [2.75, 3.05) is 39.5 Å². The number of fused-ring (bicyclic) bond motifs is 5. The summed E-state index contributed by atoms with van der Waals surface area (Å²) in [5.74, 6) is 0. The zero-order chi connectivity index (χ0) is 24.2. The molecule has 36 heavy (non-hydrogen) atoms. The van der Waals surface area contributed by atoms with Gasteiger partial charge in [0.15, 0.2) is 0 Å². The van der Waals surface area contributed by atoms with Crippen molar-refractivity contribution in [1.82, 2.24) is 25.1 Å². The molecule has 0 radical (unpaired) electrons. The van der Waals surface area contributed by atoms with E-state index >= 15 is 0 Å². The van der Waals surface area contributed by atoms with Crippen molar-refractivity contribution in [2.24, 2.45) is 0 Å². The first kappa shape index (κ1) is 22.5. The zero-order valence-electron chi connectivity index (χ0n) is 20.1. The van der Waals surface area contributed by atoms with Gasteiger partial charge in [0.2, 0.25) is 0 Å². The Morgan fingerprint density at radius 1 is 1.17 bits per heavy atom. The van der Waals surface area contributed by atoms with Gasteiger partial charge in [-0.2, -0.15) is 0 Å². The number of nitrogens with one attached hydrogen (secondary N) is 2. The summed E-state index contributed by atoms with van der Waals surface area (Å²) >= 11 is 6.39. The van der Waals surface area contributed by atoms with Crippen molar-refractivity contribution in [2.45, 2.75) is 44.0 Å². The number of hydrogen-bond acceptors (Lipinski definition) is 5. The largest absolute Gasteiger partial charge is 0.378 e. The second-order valence-electron chi connectivity index (χ2n) is 10.3. The molecule has 7 heterocycles. The molecule has 8 rings (SSSR count). The number of aromatic amines is 1. The van der Waals surface area contributed by atoms with E-state index in [9.17, 15) is 4.79 Å². The van der Waals surface area contributed by atoms with Gasteiger partial charge in [-0.3, -0.25) is 0 Å². The maximum Gasteiger partial charge on any atom is 0.320 e. The van der Waals surface area contributed by atoms with E-state index in [2.05, 4.69) is 38.4 Å². The fraction of sp³-hybridized carbons (Fsp3) is 0.481. The van der Waals surface area contributed by atoms with Crippen molar-refractivity contribution >= 4 is 28.7 Å². The number of pyridine rings is 1. The summed E-state index contributed by atoms with van der Waals surface area (Å²) in [6.07, 6.45) is 6.80. The normalized spacial score (nSPS) is 25.9. The first-order valence-electron chi connectivity index (χ1n) is 12.9. The minimum Gasteiger partial charge on any atom is -0.378 e. The molecule has 5 aliphatic heterocycles. The predicted molar refractivity (Wildman–Crippen MR) is 137 cm³/mol. The molecule has 0 saturated carbocycles. The Morgan fingerprint density at radius 2 is 2.11 bits per heavy atom. The number of urea groups is 1. The van der Waals surface area contributed by atoms with E-state index in [0.717, 1.165) is 61.1 Å². The average molecular weight is 508 g/mol. The molecule has 188 valence electrons. The standard InChI is InChI=1S/C27H30ClN5O3/c28-24-11-31-26-22(24)9-18(10-30-26)17-7-16-3-5-32(27(34)33-12-20-2-1-19(33)14-36-20)13-23(16)21(8-17)25-15-35-6-4-29-25/h7-11,19-20,25,29H,1-6,12-15H2,(H,30,31)/t19-,20-,25+/m1/s1. The van der Waals surface area contributed by atoms with Crippen LogP contribution in [0.5, 0.6) is 0 Å². The van der Waals surface area contributed by atoms with Gasteiger partial charge in [0.1, 0.15) is 5.65 Å². The minimum atomic E-state index is 0.0921. The Hall–Kier alpha value is -2.65. The highest BCUT2D eigenvalue weighted by atomic mass is 35.5. The Balaban J connectivity index is 1.24. The molecular weight excluding hydrogens is 478 g/mol.